The van der Waals surface area contributed by atoms with Gasteiger partial charge in [-0.15, -0.1) is 0 Å². The van der Waals surface area contributed by atoms with Crippen molar-refractivity contribution in [1.29, 1.82) is 0 Å². The molecule has 1 unspecified atom stereocenters. The average molecular weight is 280 g/mol. The van der Waals surface area contributed by atoms with Crippen LogP contribution in [0.3, 0.4) is 0 Å². The molecule has 1 aromatic heterocycles. The van der Waals surface area contributed by atoms with Crippen LogP contribution in [0.15, 0.2) is 12.4 Å². The van der Waals surface area contributed by atoms with Crippen molar-refractivity contribution < 1.29 is 9.53 Å². The summed E-state index contributed by atoms with van der Waals surface area (Å²) in [5, 5.41) is 4.31. The Morgan fingerprint density at radius 2 is 2.15 bits per heavy atom. The van der Waals surface area contributed by atoms with E-state index in [0.29, 0.717) is 45.3 Å². The standard InChI is InChI=1S/C14H24N4O2/c1-11(2)18-10-12(9-16-18)7-13(8-15)14(19)17-3-5-20-6-4-17/h9-11,13H,3-8,15H2,1-2H3. The molecule has 1 aliphatic rings. The van der Waals surface area contributed by atoms with Gasteiger partial charge in [0.2, 0.25) is 5.91 Å². The highest BCUT2D eigenvalue weighted by Crippen LogP contribution is 2.13. The molecule has 1 amide bonds. The number of morpholine rings is 1. The van der Waals surface area contributed by atoms with Crippen molar-refractivity contribution in [1.82, 2.24) is 14.7 Å². The van der Waals surface area contributed by atoms with Crippen LogP contribution in [-0.2, 0) is 16.0 Å². The number of carbonyl (C=O) groups excluding carboxylic acids is 1. The van der Waals surface area contributed by atoms with E-state index in [0.717, 1.165) is 5.56 Å². The number of carbonyl (C=O) groups is 1. The molecule has 112 valence electrons. The third kappa shape index (κ3) is 3.58. The summed E-state index contributed by atoms with van der Waals surface area (Å²) < 4.78 is 7.18. The first-order valence-corrected chi connectivity index (χ1v) is 7.21. The maximum absolute atomic E-state index is 12.4. The van der Waals surface area contributed by atoms with Crippen LogP contribution < -0.4 is 5.73 Å². The van der Waals surface area contributed by atoms with Crippen molar-refractivity contribution in [2.75, 3.05) is 32.8 Å². The fourth-order valence-electron chi connectivity index (χ4n) is 2.36. The van der Waals surface area contributed by atoms with Gasteiger partial charge in [-0.05, 0) is 25.8 Å². The molecule has 1 fully saturated rings. The summed E-state index contributed by atoms with van der Waals surface area (Å²) >= 11 is 0. The fraction of sp³-hybridized carbons (Fsp3) is 0.714. The summed E-state index contributed by atoms with van der Waals surface area (Å²) in [6.07, 6.45) is 4.48. The number of nitrogens with zero attached hydrogens (tertiary/aromatic N) is 3. The van der Waals surface area contributed by atoms with Gasteiger partial charge in [0.15, 0.2) is 0 Å². The molecule has 2 rings (SSSR count). The molecular formula is C14H24N4O2. The van der Waals surface area contributed by atoms with E-state index in [4.69, 9.17) is 10.5 Å². The molecular weight excluding hydrogens is 256 g/mol. The van der Waals surface area contributed by atoms with Gasteiger partial charge in [0.25, 0.3) is 0 Å². The van der Waals surface area contributed by atoms with E-state index in [1.807, 2.05) is 22.0 Å². The van der Waals surface area contributed by atoms with Gasteiger partial charge in [0.1, 0.15) is 0 Å². The molecule has 0 spiro atoms. The Labute approximate surface area is 119 Å². The minimum atomic E-state index is -0.169. The van der Waals surface area contributed by atoms with E-state index in [1.54, 1.807) is 0 Å². The largest absolute Gasteiger partial charge is 0.378 e. The molecule has 1 saturated heterocycles. The summed E-state index contributed by atoms with van der Waals surface area (Å²) in [5.74, 6) is -0.0361. The Balaban J connectivity index is 1.98. The molecule has 0 bridgehead atoms. The highest BCUT2D eigenvalue weighted by molar-refractivity contribution is 5.79. The second-order valence-electron chi connectivity index (χ2n) is 5.50. The zero-order chi connectivity index (χ0) is 14.5. The van der Waals surface area contributed by atoms with Crippen LogP contribution in [0, 0.1) is 5.92 Å². The summed E-state index contributed by atoms with van der Waals surface area (Å²) in [6, 6.07) is 0.329. The zero-order valence-corrected chi connectivity index (χ0v) is 12.3. The lowest BCUT2D eigenvalue weighted by Gasteiger charge is -2.30. The second-order valence-corrected chi connectivity index (χ2v) is 5.50. The minimum absolute atomic E-state index is 0.132. The van der Waals surface area contributed by atoms with Gasteiger partial charge in [-0.3, -0.25) is 9.48 Å². The van der Waals surface area contributed by atoms with Crippen molar-refractivity contribution in [3.8, 4) is 0 Å². The van der Waals surface area contributed by atoms with Gasteiger partial charge in [-0.25, -0.2) is 0 Å². The second kappa shape index (κ2) is 6.85. The highest BCUT2D eigenvalue weighted by atomic mass is 16.5. The predicted octanol–water partition coefficient (Wildman–Crippen LogP) is 0.440. The van der Waals surface area contributed by atoms with E-state index < -0.39 is 0 Å². The number of rotatable bonds is 5. The highest BCUT2D eigenvalue weighted by Gasteiger charge is 2.25. The minimum Gasteiger partial charge on any atom is -0.378 e. The zero-order valence-electron chi connectivity index (χ0n) is 12.3. The monoisotopic (exact) mass is 280 g/mol. The number of hydrogen-bond acceptors (Lipinski definition) is 4. The number of ether oxygens (including phenoxy) is 1. The number of amides is 1. The molecule has 0 aromatic carbocycles. The SMILES string of the molecule is CC(C)n1cc(CC(CN)C(=O)N2CCOCC2)cn1. The summed E-state index contributed by atoms with van der Waals surface area (Å²) in [4.78, 5) is 14.3. The van der Waals surface area contributed by atoms with Gasteiger partial charge >= 0.3 is 0 Å². The average Bonchev–Trinajstić information content (AvgIpc) is 2.94. The first-order chi connectivity index (χ1) is 9.61. The van der Waals surface area contributed by atoms with Gasteiger partial charge in [0, 0.05) is 31.9 Å². The third-order valence-electron chi connectivity index (χ3n) is 3.62. The van der Waals surface area contributed by atoms with Gasteiger partial charge < -0.3 is 15.4 Å². The molecule has 1 atom stereocenters. The smallest absolute Gasteiger partial charge is 0.227 e. The van der Waals surface area contributed by atoms with Crippen LogP contribution in [0.5, 0.6) is 0 Å². The van der Waals surface area contributed by atoms with Crippen LogP contribution in [0.1, 0.15) is 25.5 Å². The van der Waals surface area contributed by atoms with Crippen LogP contribution in [0.25, 0.3) is 0 Å². The van der Waals surface area contributed by atoms with Crippen LogP contribution in [-0.4, -0.2) is 53.4 Å². The maximum atomic E-state index is 12.4. The normalized spacial score (nSPS) is 17.5. The fourth-order valence-corrected chi connectivity index (χ4v) is 2.36. The van der Waals surface area contributed by atoms with Crippen molar-refractivity contribution in [2.24, 2.45) is 11.7 Å². The van der Waals surface area contributed by atoms with Crippen LogP contribution in [0.4, 0.5) is 0 Å². The molecule has 1 aliphatic heterocycles. The van der Waals surface area contributed by atoms with E-state index in [9.17, 15) is 4.79 Å². The topological polar surface area (TPSA) is 73.4 Å². The summed E-state index contributed by atoms with van der Waals surface area (Å²) in [7, 11) is 0. The molecule has 0 radical (unpaired) electrons. The summed E-state index contributed by atoms with van der Waals surface area (Å²) in [5.41, 5.74) is 6.85. The maximum Gasteiger partial charge on any atom is 0.227 e. The van der Waals surface area contributed by atoms with Gasteiger partial charge in [-0.2, -0.15) is 5.10 Å². The molecule has 1 aromatic rings. The van der Waals surface area contributed by atoms with Crippen molar-refractivity contribution >= 4 is 5.91 Å². The van der Waals surface area contributed by atoms with E-state index in [1.165, 1.54) is 0 Å². The van der Waals surface area contributed by atoms with Gasteiger partial charge in [0.05, 0.1) is 25.3 Å². The Bertz CT molecular complexity index is 438. The van der Waals surface area contributed by atoms with E-state index in [2.05, 4.69) is 18.9 Å². The lowest BCUT2D eigenvalue weighted by atomic mass is 10.00. The van der Waals surface area contributed by atoms with Gasteiger partial charge in [-0.1, -0.05) is 0 Å². The molecule has 6 heteroatoms. The van der Waals surface area contributed by atoms with E-state index >= 15 is 0 Å². The van der Waals surface area contributed by atoms with Crippen molar-refractivity contribution in [3.05, 3.63) is 18.0 Å². The Kier molecular flexibility index (Phi) is 5.14. The van der Waals surface area contributed by atoms with E-state index in [-0.39, 0.29) is 11.8 Å². The Morgan fingerprint density at radius 1 is 1.45 bits per heavy atom. The third-order valence-corrected chi connectivity index (χ3v) is 3.62. The summed E-state index contributed by atoms with van der Waals surface area (Å²) in [6.45, 7) is 7.10. The first kappa shape index (κ1) is 15.0. The van der Waals surface area contributed by atoms with Crippen LogP contribution in [0.2, 0.25) is 0 Å². The molecule has 20 heavy (non-hydrogen) atoms. The van der Waals surface area contributed by atoms with Crippen molar-refractivity contribution in [2.45, 2.75) is 26.3 Å². The molecule has 2 N–H and O–H groups in total. The number of nitrogens with two attached hydrogens (primary N) is 1. The molecule has 2 heterocycles. The lowest BCUT2D eigenvalue weighted by Crippen LogP contribution is -2.45. The first-order valence-electron chi connectivity index (χ1n) is 7.21. The van der Waals surface area contributed by atoms with Crippen LogP contribution >= 0.6 is 0 Å². The predicted molar refractivity (Wildman–Crippen MR) is 76.3 cm³/mol. The molecule has 6 nitrogen and oxygen atoms in total. The lowest BCUT2D eigenvalue weighted by molar-refractivity contribution is -0.139. The Morgan fingerprint density at radius 3 is 2.70 bits per heavy atom. The molecule has 0 aliphatic carbocycles. The molecule has 0 saturated carbocycles. The number of aromatic nitrogens is 2. The number of hydrogen-bond donors (Lipinski definition) is 1. The quantitative estimate of drug-likeness (QED) is 0.849. The van der Waals surface area contributed by atoms with Crippen molar-refractivity contribution in [3.63, 3.8) is 0 Å². The Hall–Kier alpha value is -1.40.